The average Bonchev–Trinajstić information content (AvgIpc) is 3.07. The van der Waals surface area contributed by atoms with E-state index in [1.807, 2.05) is 71.3 Å². The predicted molar refractivity (Wildman–Crippen MR) is 107 cm³/mol. The normalized spacial score (nSPS) is 15.9. The van der Waals surface area contributed by atoms with Crippen molar-refractivity contribution >= 4 is 34.3 Å². The largest absolute Gasteiger partial charge is 0.325 e. The summed E-state index contributed by atoms with van der Waals surface area (Å²) in [4.78, 5) is 4.71. The first-order valence-electron chi connectivity index (χ1n) is 8.67. The summed E-state index contributed by atoms with van der Waals surface area (Å²) in [5, 5.41) is 4.06. The van der Waals surface area contributed by atoms with Crippen LogP contribution in [-0.2, 0) is 0 Å². The van der Waals surface area contributed by atoms with Crippen LogP contribution < -0.4 is 5.32 Å². The molecule has 1 aromatic heterocycles. The van der Waals surface area contributed by atoms with Crippen LogP contribution in [0.1, 0.15) is 17.2 Å². The monoisotopic (exact) mass is 375 g/mol. The van der Waals surface area contributed by atoms with E-state index >= 15 is 0 Å². The van der Waals surface area contributed by atoms with Gasteiger partial charge in [0.15, 0.2) is 0 Å². The van der Waals surface area contributed by atoms with Gasteiger partial charge in [0, 0.05) is 16.3 Å². The van der Waals surface area contributed by atoms with Crippen molar-refractivity contribution < 1.29 is 4.39 Å². The first-order valence-corrected chi connectivity index (χ1v) is 9.05. The first-order chi connectivity index (χ1) is 13.2. The van der Waals surface area contributed by atoms with Gasteiger partial charge in [-0.25, -0.2) is 9.37 Å². The van der Waals surface area contributed by atoms with Crippen molar-refractivity contribution in [2.45, 2.75) is 6.04 Å². The van der Waals surface area contributed by atoms with E-state index in [0.717, 1.165) is 22.3 Å². The van der Waals surface area contributed by atoms with Crippen molar-refractivity contribution in [3.8, 4) is 0 Å². The third-order valence-electron chi connectivity index (χ3n) is 4.82. The van der Waals surface area contributed by atoms with E-state index in [1.165, 1.54) is 6.07 Å². The Labute approximate surface area is 160 Å². The van der Waals surface area contributed by atoms with Gasteiger partial charge in [0.05, 0.1) is 17.1 Å². The van der Waals surface area contributed by atoms with Crippen molar-refractivity contribution in [3.63, 3.8) is 0 Å². The summed E-state index contributed by atoms with van der Waals surface area (Å²) in [5.41, 5.74) is 4.28. The van der Waals surface area contributed by atoms with Crippen LogP contribution in [0.25, 0.3) is 16.7 Å². The van der Waals surface area contributed by atoms with Gasteiger partial charge < -0.3 is 5.32 Å². The lowest BCUT2D eigenvalue weighted by atomic mass is 10.0. The number of benzene rings is 3. The van der Waals surface area contributed by atoms with E-state index < -0.39 is 0 Å². The molecule has 132 valence electrons. The molecule has 0 unspecified atom stereocenters. The van der Waals surface area contributed by atoms with Crippen LogP contribution in [-0.4, -0.2) is 9.55 Å². The van der Waals surface area contributed by atoms with Crippen LogP contribution in [0.5, 0.6) is 0 Å². The lowest BCUT2D eigenvalue weighted by molar-refractivity contribution is 0.583. The summed E-state index contributed by atoms with van der Waals surface area (Å²) in [6, 6.07) is 22.0. The molecule has 1 N–H and O–H groups in total. The van der Waals surface area contributed by atoms with Crippen molar-refractivity contribution in [3.05, 3.63) is 101 Å². The number of imidazole rings is 1. The summed E-state index contributed by atoms with van der Waals surface area (Å²) < 4.78 is 16.7. The molecule has 4 aromatic rings. The fourth-order valence-corrected chi connectivity index (χ4v) is 3.68. The molecule has 2 heterocycles. The highest BCUT2D eigenvalue weighted by molar-refractivity contribution is 6.30. The predicted octanol–water partition coefficient (Wildman–Crippen LogP) is 5.88. The number of aromatic nitrogens is 2. The zero-order valence-corrected chi connectivity index (χ0v) is 15.0. The molecule has 0 bridgehead atoms. The second-order valence-corrected chi connectivity index (χ2v) is 6.91. The van der Waals surface area contributed by atoms with Gasteiger partial charge in [-0.2, -0.15) is 0 Å². The first kappa shape index (κ1) is 16.1. The van der Waals surface area contributed by atoms with Gasteiger partial charge in [-0.3, -0.25) is 4.57 Å². The van der Waals surface area contributed by atoms with E-state index in [4.69, 9.17) is 16.6 Å². The van der Waals surface area contributed by atoms with Gasteiger partial charge in [-0.05, 0) is 42.0 Å². The molecule has 1 aliphatic rings. The minimum atomic E-state index is -0.305. The fourth-order valence-electron chi connectivity index (χ4n) is 3.55. The molecule has 0 aliphatic carbocycles. The van der Waals surface area contributed by atoms with Crippen molar-refractivity contribution in [1.29, 1.82) is 0 Å². The number of nitrogens with one attached hydrogen (secondary N) is 1. The highest BCUT2D eigenvalue weighted by atomic mass is 35.5. The second-order valence-electron chi connectivity index (χ2n) is 6.47. The Morgan fingerprint density at radius 2 is 1.67 bits per heavy atom. The molecule has 0 saturated heterocycles. The minimum absolute atomic E-state index is 0.236. The summed E-state index contributed by atoms with van der Waals surface area (Å²) in [6.45, 7) is 0. The van der Waals surface area contributed by atoms with Crippen LogP contribution >= 0.6 is 11.6 Å². The zero-order chi connectivity index (χ0) is 18.4. The van der Waals surface area contributed by atoms with Gasteiger partial charge >= 0.3 is 0 Å². The smallest absolute Gasteiger partial charge is 0.209 e. The van der Waals surface area contributed by atoms with Gasteiger partial charge in [-0.1, -0.05) is 54.1 Å². The molecular weight excluding hydrogens is 361 g/mol. The molecule has 0 saturated carbocycles. The standard InChI is InChI=1S/C22H15ClFN3/c23-15-11-9-14(10-12-15)19-13-21(16-5-1-2-6-17(16)24)27-20-8-4-3-7-18(20)25-22(27)26-19/h1-13,21H,(H,25,26)/t21-/m1/s1. The number of fused-ring (bicyclic) bond motifs is 3. The van der Waals surface area contributed by atoms with Crippen molar-refractivity contribution in [1.82, 2.24) is 9.55 Å². The second kappa shape index (κ2) is 6.25. The van der Waals surface area contributed by atoms with Gasteiger partial charge in [0.1, 0.15) is 5.82 Å². The molecular formula is C22H15ClFN3. The molecule has 0 amide bonds. The Bertz CT molecular complexity index is 1180. The average molecular weight is 376 g/mol. The van der Waals surface area contributed by atoms with E-state index in [2.05, 4.69) is 5.32 Å². The summed E-state index contributed by atoms with van der Waals surface area (Å²) >= 11 is 6.02. The summed E-state index contributed by atoms with van der Waals surface area (Å²) in [6.07, 6.45) is 2.03. The topological polar surface area (TPSA) is 29.9 Å². The molecule has 1 aliphatic heterocycles. The molecule has 0 fully saturated rings. The Balaban J connectivity index is 1.74. The zero-order valence-electron chi connectivity index (χ0n) is 14.2. The Morgan fingerprint density at radius 1 is 0.926 bits per heavy atom. The molecule has 5 heteroatoms. The maximum Gasteiger partial charge on any atom is 0.209 e. The Hall–Kier alpha value is -3.11. The molecule has 0 radical (unpaired) electrons. The van der Waals surface area contributed by atoms with Crippen LogP contribution in [0.4, 0.5) is 10.3 Å². The van der Waals surface area contributed by atoms with E-state index in [9.17, 15) is 4.39 Å². The number of allylic oxidation sites excluding steroid dienone is 1. The highest BCUT2D eigenvalue weighted by Gasteiger charge is 2.26. The van der Waals surface area contributed by atoms with E-state index in [0.29, 0.717) is 16.5 Å². The molecule has 5 rings (SSSR count). The number of anilines is 1. The van der Waals surface area contributed by atoms with Gasteiger partial charge in [0.25, 0.3) is 0 Å². The number of nitrogens with zero attached hydrogens (tertiary/aromatic N) is 2. The quantitative estimate of drug-likeness (QED) is 0.473. The van der Waals surface area contributed by atoms with Crippen LogP contribution in [0, 0.1) is 5.82 Å². The minimum Gasteiger partial charge on any atom is -0.325 e. The number of hydrogen-bond donors (Lipinski definition) is 1. The molecule has 27 heavy (non-hydrogen) atoms. The van der Waals surface area contributed by atoms with E-state index in [-0.39, 0.29) is 11.9 Å². The van der Waals surface area contributed by atoms with Crippen LogP contribution in [0.15, 0.2) is 78.9 Å². The third-order valence-corrected chi connectivity index (χ3v) is 5.08. The van der Waals surface area contributed by atoms with Gasteiger partial charge in [0.2, 0.25) is 5.95 Å². The van der Waals surface area contributed by atoms with Crippen molar-refractivity contribution in [2.75, 3.05) is 5.32 Å². The SMILES string of the molecule is Fc1ccccc1[C@H]1C=C(c2ccc(Cl)cc2)Nc2nc3ccccc3n21. The number of rotatable bonds is 2. The molecule has 0 spiro atoms. The Kier molecular flexibility index (Phi) is 3.73. The third kappa shape index (κ3) is 2.69. The lowest BCUT2D eigenvalue weighted by Gasteiger charge is -2.27. The summed E-state index contributed by atoms with van der Waals surface area (Å²) in [7, 11) is 0. The highest BCUT2D eigenvalue weighted by Crippen LogP contribution is 2.37. The van der Waals surface area contributed by atoms with Gasteiger partial charge in [-0.15, -0.1) is 0 Å². The maximum absolute atomic E-state index is 14.7. The van der Waals surface area contributed by atoms with Crippen LogP contribution in [0.3, 0.4) is 0 Å². The van der Waals surface area contributed by atoms with Crippen molar-refractivity contribution in [2.24, 2.45) is 0 Å². The number of hydrogen-bond acceptors (Lipinski definition) is 2. The Morgan fingerprint density at radius 3 is 2.48 bits per heavy atom. The lowest BCUT2D eigenvalue weighted by Crippen LogP contribution is -2.19. The number of halogens is 2. The maximum atomic E-state index is 14.7. The molecule has 1 atom stereocenters. The summed E-state index contributed by atoms with van der Waals surface area (Å²) in [5.74, 6) is 0.455. The van der Waals surface area contributed by atoms with Crippen LogP contribution in [0.2, 0.25) is 5.02 Å². The fraction of sp³-hybridized carbons (Fsp3) is 0.0455. The molecule has 3 aromatic carbocycles. The number of para-hydroxylation sites is 2. The van der Waals surface area contributed by atoms with E-state index in [1.54, 1.807) is 6.07 Å². The molecule has 3 nitrogen and oxygen atoms in total.